The zero-order valence-corrected chi connectivity index (χ0v) is 15.2. The second kappa shape index (κ2) is 7.66. The van der Waals surface area contributed by atoms with E-state index in [9.17, 15) is 4.79 Å². The van der Waals surface area contributed by atoms with Crippen molar-refractivity contribution in [1.29, 1.82) is 0 Å². The highest BCUT2D eigenvalue weighted by Gasteiger charge is 2.14. The second-order valence-electron chi connectivity index (χ2n) is 6.30. The molecule has 5 nitrogen and oxygen atoms in total. The Labute approximate surface area is 156 Å². The van der Waals surface area contributed by atoms with Gasteiger partial charge < -0.3 is 10.2 Å². The Balaban J connectivity index is 1.36. The lowest BCUT2D eigenvalue weighted by molar-refractivity contribution is 0.0954. The van der Waals surface area contributed by atoms with Crippen molar-refractivity contribution >= 4 is 23.1 Å². The first kappa shape index (κ1) is 16.7. The molecule has 4 rings (SSSR count). The van der Waals surface area contributed by atoms with E-state index in [0.29, 0.717) is 11.4 Å². The lowest BCUT2D eigenvalue weighted by Crippen LogP contribution is -2.22. The van der Waals surface area contributed by atoms with Gasteiger partial charge in [0.25, 0.3) is 5.91 Å². The molecule has 0 unspecified atom stereocenters. The van der Waals surface area contributed by atoms with E-state index in [1.165, 1.54) is 24.2 Å². The van der Waals surface area contributed by atoms with Gasteiger partial charge >= 0.3 is 0 Å². The maximum absolute atomic E-state index is 12.4. The van der Waals surface area contributed by atoms with Crippen LogP contribution >= 0.6 is 11.3 Å². The Bertz CT molecular complexity index is 870. The highest BCUT2D eigenvalue weighted by Crippen LogP contribution is 2.24. The van der Waals surface area contributed by atoms with Gasteiger partial charge in [0.05, 0.1) is 6.20 Å². The van der Waals surface area contributed by atoms with Gasteiger partial charge in [-0.3, -0.25) is 4.79 Å². The Kier molecular flexibility index (Phi) is 4.93. The second-order valence-corrected chi connectivity index (χ2v) is 7.33. The molecule has 0 saturated carbocycles. The molecule has 3 aromatic rings. The number of rotatable bonds is 5. The molecule has 26 heavy (non-hydrogen) atoms. The van der Waals surface area contributed by atoms with Crippen LogP contribution in [-0.2, 0) is 6.54 Å². The van der Waals surface area contributed by atoms with E-state index >= 15 is 0 Å². The number of amides is 1. The molecule has 132 valence electrons. The quantitative estimate of drug-likeness (QED) is 0.749. The summed E-state index contributed by atoms with van der Waals surface area (Å²) in [6.45, 7) is 2.63. The number of benzene rings is 1. The molecule has 3 heterocycles. The molecule has 0 radical (unpaired) electrons. The number of aromatic nitrogens is 2. The van der Waals surface area contributed by atoms with E-state index in [4.69, 9.17) is 0 Å². The van der Waals surface area contributed by atoms with Gasteiger partial charge in [-0.1, -0.05) is 36.4 Å². The van der Waals surface area contributed by atoms with E-state index in [0.717, 1.165) is 35.0 Å². The molecular weight excluding hydrogens is 344 g/mol. The Hall–Kier alpha value is -2.73. The average Bonchev–Trinajstić information content (AvgIpc) is 3.39. The van der Waals surface area contributed by atoms with Crippen molar-refractivity contribution in [3.8, 4) is 10.6 Å². The van der Waals surface area contributed by atoms with Crippen molar-refractivity contribution in [3.63, 3.8) is 0 Å². The number of anilines is 1. The summed E-state index contributed by atoms with van der Waals surface area (Å²) in [6.07, 6.45) is 5.95. The lowest BCUT2D eigenvalue weighted by Gasteiger charge is -2.16. The summed E-state index contributed by atoms with van der Waals surface area (Å²) in [5.74, 6) is 0.917. The largest absolute Gasteiger partial charge is 0.357 e. The summed E-state index contributed by atoms with van der Waals surface area (Å²) in [5.41, 5.74) is 2.02. The molecule has 1 saturated heterocycles. The predicted molar refractivity (Wildman–Crippen MR) is 104 cm³/mol. The molecular formula is C20H20N4OS. The predicted octanol–water partition coefficient (Wildman–Crippen LogP) is 3.74. The van der Waals surface area contributed by atoms with Crippen molar-refractivity contribution in [1.82, 2.24) is 15.3 Å². The number of nitrogens with zero attached hydrogens (tertiary/aromatic N) is 3. The van der Waals surface area contributed by atoms with E-state index in [2.05, 4.69) is 20.2 Å². The Morgan fingerprint density at radius 3 is 2.58 bits per heavy atom. The highest BCUT2D eigenvalue weighted by molar-refractivity contribution is 7.16. The molecule has 0 bridgehead atoms. The highest BCUT2D eigenvalue weighted by atomic mass is 32.1. The Morgan fingerprint density at radius 1 is 1.04 bits per heavy atom. The topological polar surface area (TPSA) is 58.1 Å². The van der Waals surface area contributed by atoms with Crippen LogP contribution in [0.4, 0.5) is 5.82 Å². The molecule has 1 aliphatic rings. The fourth-order valence-electron chi connectivity index (χ4n) is 3.02. The van der Waals surface area contributed by atoms with E-state index in [1.54, 1.807) is 6.20 Å². The van der Waals surface area contributed by atoms with Gasteiger partial charge in [-0.2, -0.15) is 0 Å². The van der Waals surface area contributed by atoms with Gasteiger partial charge in [0.2, 0.25) is 0 Å². The van der Waals surface area contributed by atoms with Crippen LogP contribution in [0.25, 0.3) is 10.6 Å². The van der Waals surface area contributed by atoms with Crippen LogP contribution in [0.15, 0.2) is 54.9 Å². The average molecular weight is 364 g/mol. The van der Waals surface area contributed by atoms with Crippen molar-refractivity contribution in [2.45, 2.75) is 19.4 Å². The minimum Gasteiger partial charge on any atom is -0.357 e. The summed E-state index contributed by atoms with van der Waals surface area (Å²) in [6, 6.07) is 14.0. The van der Waals surface area contributed by atoms with Gasteiger partial charge in [-0.15, -0.1) is 11.3 Å². The van der Waals surface area contributed by atoms with Crippen molar-refractivity contribution < 1.29 is 4.79 Å². The first-order valence-corrected chi connectivity index (χ1v) is 9.60. The molecule has 0 atom stereocenters. The fourth-order valence-corrected chi connectivity index (χ4v) is 3.86. The standard InChI is InChI=1S/C20H20N4OS/c25-19(17-14-23-20(26-17)16-6-2-1-3-7-16)22-13-15-8-9-18(21-12-15)24-10-4-5-11-24/h1-3,6-9,12,14H,4-5,10-11,13H2,(H,22,25). The zero-order valence-electron chi connectivity index (χ0n) is 14.4. The zero-order chi connectivity index (χ0) is 17.8. The van der Waals surface area contributed by atoms with Crippen LogP contribution in [-0.4, -0.2) is 29.0 Å². The van der Waals surface area contributed by atoms with Gasteiger partial charge in [0.15, 0.2) is 0 Å². The van der Waals surface area contributed by atoms with Crippen LogP contribution in [0.1, 0.15) is 28.1 Å². The monoisotopic (exact) mass is 364 g/mol. The van der Waals surface area contributed by atoms with E-state index < -0.39 is 0 Å². The normalized spacial score (nSPS) is 13.8. The molecule has 1 fully saturated rings. The number of nitrogens with one attached hydrogen (secondary N) is 1. The first-order valence-electron chi connectivity index (χ1n) is 8.79. The van der Waals surface area contributed by atoms with Crippen LogP contribution in [0, 0.1) is 0 Å². The number of hydrogen-bond donors (Lipinski definition) is 1. The molecule has 1 aromatic carbocycles. The molecule has 1 aliphatic heterocycles. The molecule has 2 aromatic heterocycles. The number of carbonyl (C=O) groups is 1. The van der Waals surface area contributed by atoms with Gasteiger partial charge in [0.1, 0.15) is 15.7 Å². The molecule has 1 N–H and O–H groups in total. The van der Waals surface area contributed by atoms with Crippen molar-refractivity contribution in [2.24, 2.45) is 0 Å². The summed E-state index contributed by atoms with van der Waals surface area (Å²) in [7, 11) is 0. The number of pyridine rings is 1. The van der Waals surface area contributed by atoms with E-state index in [-0.39, 0.29) is 5.91 Å². The maximum atomic E-state index is 12.4. The van der Waals surface area contributed by atoms with E-state index in [1.807, 2.05) is 48.7 Å². The van der Waals surface area contributed by atoms with Crippen LogP contribution in [0.3, 0.4) is 0 Å². The number of carbonyl (C=O) groups excluding carboxylic acids is 1. The van der Waals surface area contributed by atoms with Crippen LogP contribution < -0.4 is 10.2 Å². The minimum atomic E-state index is -0.103. The third-order valence-electron chi connectivity index (χ3n) is 4.44. The summed E-state index contributed by atoms with van der Waals surface area (Å²) < 4.78 is 0. The maximum Gasteiger partial charge on any atom is 0.263 e. The van der Waals surface area contributed by atoms with Crippen molar-refractivity contribution in [2.75, 3.05) is 18.0 Å². The SMILES string of the molecule is O=C(NCc1ccc(N2CCCC2)nc1)c1cnc(-c2ccccc2)s1. The molecule has 0 aliphatic carbocycles. The van der Waals surface area contributed by atoms with Crippen LogP contribution in [0.2, 0.25) is 0 Å². The fraction of sp³-hybridized carbons (Fsp3) is 0.250. The third-order valence-corrected chi connectivity index (χ3v) is 5.49. The molecule has 6 heteroatoms. The minimum absolute atomic E-state index is 0.103. The smallest absolute Gasteiger partial charge is 0.263 e. The van der Waals surface area contributed by atoms with Gasteiger partial charge in [0, 0.05) is 31.4 Å². The van der Waals surface area contributed by atoms with Crippen LogP contribution in [0.5, 0.6) is 0 Å². The number of thiazole rings is 1. The third kappa shape index (κ3) is 3.75. The van der Waals surface area contributed by atoms with Gasteiger partial charge in [-0.25, -0.2) is 9.97 Å². The Morgan fingerprint density at radius 2 is 1.85 bits per heavy atom. The molecule has 0 spiro atoms. The first-order chi connectivity index (χ1) is 12.8. The lowest BCUT2D eigenvalue weighted by atomic mass is 10.2. The summed E-state index contributed by atoms with van der Waals surface area (Å²) >= 11 is 1.40. The summed E-state index contributed by atoms with van der Waals surface area (Å²) in [5, 5.41) is 3.80. The summed E-state index contributed by atoms with van der Waals surface area (Å²) in [4.78, 5) is 24.2. The van der Waals surface area contributed by atoms with Crippen molar-refractivity contribution in [3.05, 3.63) is 65.3 Å². The molecule has 1 amide bonds. The van der Waals surface area contributed by atoms with Gasteiger partial charge in [-0.05, 0) is 24.5 Å². The number of hydrogen-bond acceptors (Lipinski definition) is 5.